The number of carbonyl (C=O) groups is 1. The highest BCUT2D eigenvalue weighted by molar-refractivity contribution is 5.91. The second-order valence-electron chi connectivity index (χ2n) is 5.63. The first kappa shape index (κ1) is 15.4. The standard InChI is InChI=1S/C13H21N9O/c14-13-17-11(19-20-13)7-16-12(23)10-8-22(21-18-10)6-4-9-3-1-2-5-15-9/h8-9,15H,1-7H2,(H,16,23)(H3,14,17,19,20)/t9-/m0/s1. The third kappa shape index (κ3) is 4.25. The van der Waals surface area contributed by atoms with Gasteiger partial charge in [0, 0.05) is 12.6 Å². The molecule has 10 heteroatoms. The van der Waals surface area contributed by atoms with Crippen LogP contribution in [0.4, 0.5) is 5.95 Å². The third-order valence-corrected chi connectivity index (χ3v) is 3.86. The fourth-order valence-corrected chi connectivity index (χ4v) is 2.61. The molecule has 1 fully saturated rings. The van der Waals surface area contributed by atoms with E-state index in [0.29, 0.717) is 11.9 Å². The second kappa shape index (κ2) is 7.18. The van der Waals surface area contributed by atoms with Crippen molar-refractivity contribution in [3.05, 3.63) is 17.7 Å². The van der Waals surface area contributed by atoms with Gasteiger partial charge in [0.25, 0.3) is 5.91 Å². The normalized spacial score (nSPS) is 18.0. The summed E-state index contributed by atoms with van der Waals surface area (Å²) in [7, 11) is 0. The van der Waals surface area contributed by atoms with Crippen molar-refractivity contribution in [3.63, 3.8) is 0 Å². The maximum Gasteiger partial charge on any atom is 0.273 e. The van der Waals surface area contributed by atoms with Crippen LogP contribution >= 0.6 is 0 Å². The Balaban J connectivity index is 1.46. The number of anilines is 1. The highest BCUT2D eigenvalue weighted by Gasteiger charge is 2.14. The number of piperidine rings is 1. The topological polar surface area (TPSA) is 139 Å². The van der Waals surface area contributed by atoms with Gasteiger partial charge < -0.3 is 16.4 Å². The van der Waals surface area contributed by atoms with E-state index in [-0.39, 0.29) is 24.1 Å². The number of aryl methyl sites for hydroxylation is 1. The molecule has 0 radical (unpaired) electrons. The van der Waals surface area contributed by atoms with Crippen LogP contribution in [0.5, 0.6) is 0 Å². The fourth-order valence-electron chi connectivity index (χ4n) is 2.61. The van der Waals surface area contributed by atoms with E-state index in [1.54, 1.807) is 10.9 Å². The average molecular weight is 319 g/mol. The zero-order valence-corrected chi connectivity index (χ0v) is 12.8. The summed E-state index contributed by atoms with van der Waals surface area (Å²) in [4.78, 5) is 15.9. The molecule has 0 saturated carbocycles. The summed E-state index contributed by atoms with van der Waals surface area (Å²) in [5.74, 6) is 0.338. The van der Waals surface area contributed by atoms with E-state index in [1.807, 2.05) is 0 Å². The highest BCUT2D eigenvalue weighted by Crippen LogP contribution is 2.10. The van der Waals surface area contributed by atoms with Gasteiger partial charge in [0.1, 0.15) is 5.82 Å². The Kier molecular flexibility index (Phi) is 4.81. The van der Waals surface area contributed by atoms with Crippen molar-refractivity contribution in [1.29, 1.82) is 0 Å². The van der Waals surface area contributed by atoms with Crippen LogP contribution in [-0.4, -0.2) is 48.7 Å². The van der Waals surface area contributed by atoms with E-state index in [9.17, 15) is 4.79 Å². The lowest BCUT2D eigenvalue weighted by molar-refractivity contribution is 0.0945. The molecule has 3 heterocycles. The number of amides is 1. The van der Waals surface area contributed by atoms with Crippen LogP contribution < -0.4 is 16.4 Å². The zero-order chi connectivity index (χ0) is 16.1. The lowest BCUT2D eigenvalue weighted by Crippen LogP contribution is -2.34. The van der Waals surface area contributed by atoms with E-state index >= 15 is 0 Å². The van der Waals surface area contributed by atoms with Crippen molar-refractivity contribution in [2.75, 3.05) is 12.3 Å². The average Bonchev–Trinajstić information content (AvgIpc) is 3.21. The van der Waals surface area contributed by atoms with E-state index in [0.717, 1.165) is 19.5 Å². The number of H-pyrrole nitrogens is 1. The molecule has 0 aliphatic carbocycles. The molecule has 3 rings (SSSR count). The first-order valence-electron chi connectivity index (χ1n) is 7.79. The summed E-state index contributed by atoms with van der Waals surface area (Å²) in [6.07, 6.45) is 6.37. The summed E-state index contributed by atoms with van der Waals surface area (Å²) < 4.78 is 1.71. The lowest BCUT2D eigenvalue weighted by atomic mass is 10.0. The van der Waals surface area contributed by atoms with Gasteiger partial charge in [-0.15, -0.1) is 10.2 Å². The van der Waals surface area contributed by atoms with Crippen LogP contribution in [0.3, 0.4) is 0 Å². The van der Waals surface area contributed by atoms with Crippen molar-refractivity contribution < 1.29 is 4.79 Å². The van der Waals surface area contributed by atoms with Gasteiger partial charge in [0.2, 0.25) is 5.95 Å². The number of nitrogens with two attached hydrogens (primary N) is 1. The third-order valence-electron chi connectivity index (χ3n) is 3.86. The molecule has 2 aromatic rings. The van der Waals surface area contributed by atoms with Gasteiger partial charge in [-0.05, 0) is 25.8 Å². The van der Waals surface area contributed by atoms with Crippen molar-refractivity contribution in [1.82, 2.24) is 40.8 Å². The van der Waals surface area contributed by atoms with Gasteiger partial charge in [-0.25, -0.2) is 0 Å². The molecule has 1 aliphatic rings. The molecule has 1 aliphatic heterocycles. The molecule has 0 unspecified atom stereocenters. The highest BCUT2D eigenvalue weighted by atomic mass is 16.2. The molecule has 0 aromatic carbocycles. The number of carbonyl (C=O) groups excluding carboxylic acids is 1. The summed E-state index contributed by atoms with van der Waals surface area (Å²) in [6, 6.07) is 0.530. The quantitative estimate of drug-likeness (QED) is 0.559. The number of aromatic nitrogens is 6. The van der Waals surface area contributed by atoms with Crippen LogP contribution in [0.2, 0.25) is 0 Å². The summed E-state index contributed by atoms with van der Waals surface area (Å²) in [6.45, 7) is 2.04. The summed E-state index contributed by atoms with van der Waals surface area (Å²) in [5, 5.41) is 20.4. The molecule has 10 nitrogen and oxygen atoms in total. The number of nitrogens with one attached hydrogen (secondary N) is 3. The van der Waals surface area contributed by atoms with E-state index in [2.05, 4.69) is 36.1 Å². The SMILES string of the molecule is Nc1n[nH]c(CNC(=O)c2cn(CC[C@@H]3CCCCN3)nn2)n1. The summed E-state index contributed by atoms with van der Waals surface area (Å²) in [5.41, 5.74) is 5.68. The first-order valence-corrected chi connectivity index (χ1v) is 7.79. The largest absolute Gasteiger partial charge is 0.367 e. The number of nitrogens with zero attached hydrogens (tertiary/aromatic N) is 5. The van der Waals surface area contributed by atoms with Crippen molar-refractivity contribution in [3.8, 4) is 0 Å². The Hall–Kier alpha value is -2.49. The molecule has 5 N–H and O–H groups in total. The lowest BCUT2D eigenvalue weighted by Gasteiger charge is -2.23. The molecule has 124 valence electrons. The van der Waals surface area contributed by atoms with Gasteiger partial charge in [-0.2, -0.15) is 4.98 Å². The smallest absolute Gasteiger partial charge is 0.273 e. The van der Waals surface area contributed by atoms with Crippen LogP contribution in [0.25, 0.3) is 0 Å². The molecular formula is C13H21N9O. The first-order chi connectivity index (χ1) is 11.2. The molecule has 1 saturated heterocycles. The minimum absolute atomic E-state index is 0.150. The van der Waals surface area contributed by atoms with E-state index in [4.69, 9.17) is 5.73 Å². The monoisotopic (exact) mass is 319 g/mol. The second-order valence-corrected chi connectivity index (χ2v) is 5.63. The van der Waals surface area contributed by atoms with Gasteiger partial charge >= 0.3 is 0 Å². The van der Waals surface area contributed by atoms with E-state index < -0.39 is 0 Å². The van der Waals surface area contributed by atoms with E-state index in [1.165, 1.54) is 19.3 Å². The maximum atomic E-state index is 12.0. The molecule has 1 amide bonds. The Labute approximate surface area is 133 Å². The van der Waals surface area contributed by atoms with Crippen molar-refractivity contribution >= 4 is 11.9 Å². The van der Waals surface area contributed by atoms with Crippen molar-refractivity contribution in [2.45, 2.75) is 44.8 Å². The predicted octanol–water partition coefficient (Wildman–Crippen LogP) is -0.559. The summed E-state index contributed by atoms with van der Waals surface area (Å²) >= 11 is 0. The van der Waals surface area contributed by atoms with Gasteiger partial charge in [-0.3, -0.25) is 14.6 Å². The molecule has 1 atom stereocenters. The molecule has 0 spiro atoms. The minimum Gasteiger partial charge on any atom is -0.367 e. The van der Waals surface area contributed by atoms with Crippen LogP contribution in [0.1, 0.15) is 42.0 Å². The fraction of sp³-hybridized carbons (Fsp3) is 0.615. The molecular weight excluding hydrogens is 298 g/mol. The Bertz CT molecular complexity index is 643. The molecule has 23 heavy (non-hydrogen) atoms. The minimum atomic E-state index is -0.304. The Morgan fingerprint density at radius 1 is 1.48 bits per heavy atom. The Morgan fingerprint density at radius 3 is 3.13 bits per heavy atom. The molecule has 2 aromatic heterocycles. The van der Waals surface area contributed by atoms with Crippen LogP contribution in [-0.2, 0) is 13.1 Å². The number of aromatic amines is 1. The predicted molar refractivity (Wildman–Crippen MR) is 82.2 cm³/mol. The number of nitrogen functional groups attached to an aromatic ring is 1. The van der Waals surface area contributed by atoms with Gasteiger partial charge in [0.15, 0.2) is 5.69 Å². The van der Waals surface area contributed by atoms with Crippen LogP contribution in [0, 0.1) is 0 Å². The number of hydrogen-bond acceptors (Lipinski definition) is 7. The molecule has 0 bridgehead atoms. The number of rotatable bonds is 6. The van der Waals surface area contributed by atoms with Gasteiger partial charge in [0.05, 0.1) is 12.7 Å². The van der Waals surface area contributed by atoms with Gasteiger partial charge in [-0.1, -0.05) is 11.6 Å². The maximum absolute atomic E-state index is 12.0. The number of hydrogen-bond donors (Lipinski definition) is 4. The Morgan fingerprint density at radius 2 is 2.39 bits per heavy atom. The van der Waals surface area contributed by atoms with Crippen molar-refractivity contribution in [2.24, 2.45) is 0 Å². The zero-order valence-electron chi connectivity index (χ0n) is 12.8. The van der Waals surface area contributed by atoms with Crippen LogP contribution in [0.15, 0.2) is 6.20 Å².